The molecule has 1 aromatic rings. The first-order valence-electron chi connectivity index (χ1n) is 8.90. The van der Waals surface area contributed by atoms with Gasteiger partial charge in [0.1, 0.15) is 5.54 Å². The molecule has 1 aliphatic heterocycles. The summed E-state index contributed by atoms with van der Waals surface area (Å²) in [6.07, 6.45) is 3.96. The maximum absolute atomic E-state index is 12.8. The molecule has 0 aromatic heterocycles. The van der Waals surface area contributed by atoms with Gasteiger partial charge in [-0.15, -0.1) is 0 Å². The maximum Gasteiger partial charge on any atom is 0.344 e. The van der Waals surface area contributed by atoms with Crippen molar-refractivity contribution in [3.63, 3.8) is 0 Å². The number of hydrazine groups is 1. The fourth-order valence-electron chi connectivity index (χ4n) is 3.52. The number of hydrogen-bond donors (Lipinski definition) is 2. The molecule has 27 heavy (non-hydrogen) atoms. The van der Waals surface area contributed by atoms with E-state index in [1.54, 1.807) is 6.07 Å². The highest BCUT2D eigenvalue weighted by Gasteiger charge is 2.52. The number of rotatable bonds is 5. The molecule has 1 saturated carbocycles. The summed E-state index contributed by atoms with van der Waals surface area (Å²) < 4.78 is 11.3. The van der Waals surface area contributed by atoms with E-state index in [0.717, 1.165) is 24.3 Å². The Morgan fingerprint density at radius 3 is 2.63 bits per heavy atom. The predicted octanol–water partition coefficient (Wildman–Crippen LogP) is 2.76. The first-order chi connectivity index (χ1) is 12.9. The van der Waals surface area contributed by atoms with Gasteiger partial charge in [-0.2, -0.15) is 5.01 Å². The molecule has 0 atom stereocenters. The summed E-state index contributed by atoms with van der Waals surface area (Å²) in [5.41, 5.74) is 1.75. The number of hydrogen-bond acceptors (Lipinski definition) is 5. The quantitative estimate of drug-likeness (QED) is 0.687. The molecule has 0 radical (unpaired) electrons. The standard InChI is InChI=1S/C18H22BrN3O5/c1-3-27-14-12(19)9-11(10-13(14)26-2)15(23)21-22-16(24)18(20-17(22)25)7-5-4-6-8-18/h9-10H,3-8H2,1-2H3,(H,20,25)(H,21,23). The van der Waals surface area contributed by atoms with Gasteiger partial charge in [0.25, 0.3) is 11.8 Å². The molecule has 2 fully saturated rings. The number of nitrogens with one attached hydrogen (secondary N) is 2. The van der Waals surface area contributed by atoms with Gasteiger partial charge in [0.05, 0.1) is 18.2 Å². The highest BCUT2D eigenvalue weighted by atomic mass is 79.9. The molecule has 1 spiro atoms. The molecule has 1 aromatic carbocycles. The molecule has 1 aliphatic carbocycles. The van der Waals surface area contributed by atoms with E-state index in [-0.39, 0.29) is 5.56 Å². The second-order valence-corrected chi connectivity index (χ2v) is 7.43. The summed E-state index contributed by atoms with van der Waals surface area (Å²) in [6.45, 7) is 2.27. The number of imide groups is 1. The second-order valence-electron chi connectivity index (χ2n) is 6.58. The summed E-state index contributed by atoms with van der Waals surface area (Å²) in [6, 6.07) is 2.45. The van der Waals surface area contributed by atoms with Gasteiger partial charge >= 0.3 is 6.03 Å². The predicted molar refractivity (Wildman–Crippen MR) is 101 cm³/mol. The number of halogens is 1. The zero-order chi connectivity index (χ0) is 19.6. The van der Waals surface area contributed by atoms with E-state index < -0.39 is 23.4 Å². The maximum atomic E-state index is 12.8. The number of ether oxygens (including phenoxy) is 2. The van der Waals surface area contributed by atoms with E-state index in [2.05, 4.69) is 26.7 Å². The van der Waals surface area contributed by atoms with E-state index >= 15 is 0 Å². The van der Waals surface area contributed by atoms with E-state index in [0.29, 0.717) is 35.4 Å². The molecule has 9 heteroatoms. The fourth-order valence-corrected chi connectivity index (χ4v) is 4.07. The van der Waals surface area contributed by atoms with Crippen molar-refractivity contribution >= 4 is 33.8 Å². The number of carbonyl (C=O) groups excluding carboxylic acids is 3. The number of urea groups is 1. The van der Waals surface area contributed by atoms with E-state index in [4.69, 9.17) is 9.47 Å². The lowest BCUT2D eigenvalue weighted by molar-refractivity contribution is -0.134. The van der Waals surface area contributed by atoms with Gasteiger partial charge in [0.15, 0.2) is 11.5 Å². The van der Waals surface area contributed by atoms with Crippen molar-refractivity contribution in [2.24, 2.45) is 0 Å². The third-order valence-electron chi connectivity index (χ3n) is 4.86. The lowest BCUT2D eigenvalue weighted by Gasteiger charge is -2.30. The van der Waals surface area contributed by atoms with Crippen LogP contribution in [0.3, 0.4) is 0 Å². The smallest absolute Gasteiger partial charge is 0.344 e. The van der Waals surface area contributed by atoms with Gasteiger partial charge in [-0.25, -0.2) is 4.79 Å². The molecule has 2 N–H and O–H groups in total. The Bertz CT molecular complexity index is 777. The van der Waals surface area contributed by atoms with Crippen molar-refractivity contribution in [2.75, 3.05) is 13.7 Å². The van der Waals surface area contributed by atoms with Crippen LogP contribution < -0.4 is 20.2 Å². The van der Waals surface area contributed by atoms with Crippen molar-refractivity contribution in [2.45, 2.75) is 44.6 Å². The van der Waals surface area contributed by atoms with Crippen LogP contribution in [0.4, 0.5) is 4.79 Å². The fraction of sp³-hybridized carbons (Fsp3) is 0.500. The molecule has 1 saturated heterocycles. The molecule has 146 valence electrons. The molecule has 3 rings (SSSR count). The van der Waals surface area contributed by atoms with Crippen LogP contribution in [0.5, 0.6) is 11.5 Å². The number of benzene rings is 1. The minimum atomic E-state index is -0.889. The first kappa shape index (κ1) is 19.5. The highest BCUT2D eigenvalue weighted by Crippen LogP contribution is 2.37. The zero-order valence-electron chi connectivity index (χ0n) is 15.3. The van der Waals surface area contributed by atoms with Crippen LogP contribution in [0.25, 0.3) is 0 Å². The van der Waals surface area contributed by atoms with Gasteiger partial charge in [0, 0.05) is 5.56 Å². The number of carbonyl (C=O) groups is 3. The third-order valence-corrected chi connectivity index (χ3v) is 5.45. The minimum Gasteiger partial charge on any atom is -0.493 e. The van der Waals surface area contributed by atoms with Crippen molar-refractivity contribution in [3.8, 4) is 11.5 Å². The average molecular weight is 440 g/mol. The Kier molecular flexibility index (Phi) is 5.59. The molecular formula is C18H22BrN3O5. The van der Waals surface area contributed by atoms with Gasteiger partial charge < -0.3 is 14.8 Å². The molecule has 0 unspecified atom stereocenters. The van der Waals surface area contributed by atoms with Gasteiger partial charge in [-0.05, 0) is 47.8 Å². The molecule has 0 bridgehead atoms. The summed E-state index contributed by atoms with van der Waals surface area (Å²) in [5.74, 6) is -0.143. The van der Waals surface area contributed by atoms with Crippen molar-refractivity contribution in [1.82, 2.24) is 15.8 Å². The van der Waals surface area contributed by atoms with Crippen LogP contribution in [0, 0.1) is 0 Å². The normalized spacial score (nSPS) is 18.4. The Balaban J connectivity index is 1.80. The SMILES string of the molecule is CCOc1c(Br)cc(C(=O)NN2C(=O)NC3(CCCCC3)C2=O)cc1OC. The largest absolute Gasteiger partial charge is 0.493 e. The lowest BCUT2D eigenvalue weighted by Crippen LogP contribution is -2.50. The van der Waals surface area contributed by atoms with Crippen LogP contribution in [-0.2, 0) is 4.79 Å². The van der Waals surface area contributed by atoms with Crippen LogP contribution in [0.1, 0.15) is 49.4 Å². The van der Waals surface area contributed by atoms with Crippen molar-refractivity contribution in [3.05, 3.63) is 22.2 Å². The summed E-state index contributed by atoms with van der Waals surface area (Å²) in [4.78, 5) is 37.7. The lowest BCUT2D eigenvalue weighted by atomic mass is 9.82. The molecular weight excluding hydrogens is 418 g/mol. The van der Waals surface area contributed by atoms with Gasteiger partial charge in [-0.1, -0.05) is 19.3 Å². The van der Waals surface area contributed by atoms with Crippen molar-refractivity contribution < 1.29 is 23.9 Å². The van der Waals surface area contributed by atoms with Crippen LogP contribution in [0.15, 0.2) is 16.6 Å². The monoisotopic (exact) mass is 439 g/mol. The Labute approximate surface area is 165 Å². The Morgan fingerprint density at radius 2 is 2.00 bits per heavy atom. The van der Waals surface area contributed by atoms with Gasteiger partial charge in [0.2, 0.25) is 0 Å². The Hall–Kier alpha value is -2.29. The first-order valence-corrected chi connectivity index (χ1v) is 9.69. The summed E-state index contributed by atoms with van der Waals surface area (Å²) in [7, 11) is 1.47. The average Bonchev–Trinajstić information content (AvgIpc) is 2.87. The minimum absolute atomic E-state index is 0.229. The molecule has 2 aliphatic rings. The van der Waals surface area contributed by atoms with Crippen LogP contribution in [0.2, 0.25) is 0 Å². The molecule has 8 nitrogen and oxygen atoms in total. The molecule has 4 amide bonds. The molecule has 1 heterocycles. The van der Waals surface area contributed by atoms with E-state index in [1.165, 1.54) is 13.2 Å². The topological polar surface area (TPSA) is 97.0 Å². The highest BCUT2D eigenvalue weighted by molar-refractivity contribution is 9.10. The van der Waals surface area contributed by atoms with E-state index in [1.807, 2.05) is 6.92 Å². The number of nitrogens with zero attached hydrogens (tertiary/aromatic N) is 1. The van der Waals surface area contributed by atoms with E-state index in [9.17, 15) is 14.4 Å². The van der Waals surface area contributed by atoms with Crippen LogP contribution in [-0.4, -0.2) is 42.1 Å². The number of methoxy groups -OCH3 is 1. The van der Waals surface area contributed by atoms with Crippen LogP contribution >= 0.6 is 15.9 Å². The zero-order valence-corrected chi connectivity index (χ0v) is 16.8. The summed E-state index contributed by atoms with van der Waals surface area (Å²) >= 11 is 3.36. The van der Waals surface area contributed by atoms with Gasteiger partial charge in [-0.3, -0.25) is 15.0 Å². The third kappa shape index (κ3) is 3.60. The number of amides is 4. The van der Waals surface area contributed by atoms with Crippen molar-refractivity contribution in [1.29, 1.82) is 0 Å². The summed E-state index contributed by atoms with van der Waals surface area (Å²) in [5, 5.41) is 3.54. The Morgan fingerprint density at radius 1 is 1.30 bits per heavy atom. The second kappa shape index (κ2) is 7.75.